The molecule has 8 nitrogen and oxygen atoms in total. The first-order chi connectivity index (χ1) is 14.3. The van der Waals surface area contributed by atoms with E-state index in [1.165, 1.54) is 32.2 Å². The van der Waals surface area contributed by atoms with Gasteiger partial charge in [0.05, 0.1) is 17.7 Å². The number of sulfonamides is 1. The summed E-state index contributed by atoms with van der Waals surface area (Å²) in [6.45, 7) is 1.37. The molecule has 0 heterocycles. The number of hydrogen-bond acceptors (Lipinski definition) is 5. The molecule has 1 saturated carbocycles. The predicted molar refractivity (Wildman–Crippen MR) is 114 cm³/mol. The molecule has 1 aliphatic rings. The molecule has 0 bridgehead atoms. The summed E-state index contributed by atoms with van der Waals surface area (Å²) < 4.78 is 33.2. The van der Waals surface area contributed by atoms with E-state index in [4.69, 9.17) is 4.74 Å². The molecule has 3 rings (SSSR count). The zero-order valence-electron chi connectivity index (χ0n) is 16.9. The van der Waals surface area contributed by atoms with Crippen molar-refractivity contribution in [1.29, 1.82) is 0 Å². The molecule has 1 aliphatic carbocycles. The van der Waals surface area contributed by atoms with Gasteiger partial charge in [-0.3, -0.25) is 9.59 Å². The van der Waals surface area contributed by atoms with Crippen LogP contribution in [0.2, 0.25) is 0 Å². The molecule has 1 fully saturated rings. The minimum Gasteiger partial charge on any atom is -0.495 e. The van der Waals surface area contributed by atoms with E-state index in [0.717, 1.165) is 25.7 Å². The molecule has 0 unspecified atom stereocenters. The van der Waals surface area contributed by atoms with E-state index in [1.807, 2.05) is 0 Å². The third-order valence-corrected chi connectivity index (χ3v) is 6.37. The number of carbonyl (C=O) groups excluding carboxylic acids is 2. The lowest BCUT2D eigenvalue weighted by molar-refractivity contribution is -0.114. The highest BCUT2D eigenvalue weighted by atomic mass is 32.2. The van der Waals surface area contributed by atoms with Crippen LogP contribution in [-0.2, 0) is 14.8 Å². The lowest BCUT2D eigenvalue weighted by atomic mass is 10.2. The summed E-state index contributed by atoms with van der Waals surface area (Å²) in [5, 5.41) is 5.35. The number of rotatable bonds is 7. The Morgan fingerprint density at radius 3 is 2.43 bits per heavy atom. The minimum absolute atomic E-state index is 0.0516. The predicted octanol–water partition coefficient (Wildman–Crippen LogP) is 3.13. The smallest absolute Gasteiger partial charge is 0.255 e. The third-order valence-electron chi connectivity index (χ3n) is 4.85. The van der Waals surface area contributed by atoms with Crippen LogP contribution < -0.4 is 20.1 Å². The van der Waals surface area contributed by atoms with Gasteiger partial charge in [-0.15, -0.1) is 0 Å². The lowest BCUT2D eigenvalue weighted by Crippen LogP contribution is -2.32. The number of nitrogens with one attached hydrogen (secondary N) is 3. The molecule has 2 aromatic carbocycles. The van der Waals surface area contributed by atoms with Gasteiger partial charge in [0.2, 0.25) is 15.9 Å². The second-order valence-corrected chi connectivity index (χ2v) is 8.89. The number of benzene rings is 2. The van der Waals surface area contributed by atoms with Gasteiger partial charge in [-0.1, -0.05) is 18.9 Å². The summed E-state index contributed by atoms with van der Waals surface area (Å²) in [7, 11) is -2.22. The highest BCUT2D eigenvalue weighted by Gasteiger charge is 2.23. The fraction of sp³-hybridized carbons (Fsp3) is 0.333. The Labute approximate surface area is 176 Å². The second kappa shape index (κ2) is 9.27. The molecule has 0 atom stereocenters. The van der Waals surface area contributed by atoms with Crippen LogP contribution in [0.1, 0.15) is 43.0 Å². The molecule has 3 N–H and O–H groups in total. The van der Waals surface area contributed by atoms with E-state index in [0.29, 0.717) is 17.1 Å². The summed E-state index contributed by atoms with van der Waals surface area (Å²) in [6.07, 6.45) is 3.68. The zero-order chi connectivity index (χ0) is 21.7. The van der Waals surface area contributed by atoms with E-state index >= 15 is 0 Å². The van der Waals surface area contributed by atoms with Crippen molar-refractivity contribution in [2.45, 2.75) is 43.5 Å². The van der Waals surface area contributed by atoms with E-state index in [2.05, 4.69) is 15.4 Å². The highest BCUT2D eigenvalue weighted by Crippen LogP contribution is 2.28. The largest absolute Gasteiger partial charge is 0.495 e. The van der Waals surface area contributed by atoms with Gasteiger partial charge in [0.1, 0.15) is 5.75 Å². The minimum atomic E-state index is -3.70. The topological polar surface area (TPSA) is 114 Å². The molecular weight excluding hydrogens is 406 g/mol. The van der Waals surface area contributed by atoms with Crippen molar-refractivity contribution in [2.24, 2.45) is 0 Å². The number of hydrogen-bond donors (Lipinski definition) is 3. The van der Waals surface area contributed by atoms with E-state index < -0.39 is 15.9 Å². The van der Waals surface area contributed by atoms with Crippen molar-refractivity contribution in [3.05, 3.63) is 48.0 Å². The summed E-state index contributed by atoms with van der Waals surface area (Å²) in [5.41, 5.74) is 1.06. The van der Waals surface area contributed by atoms with Gasteiger partial charge >= 0.3 is 0 Å². The highest BCUT2D eigenvalue weighted by molar-refractivity contribution is 7.89. The number of ether oxygens (including phenoxy) is 1. The third kappa shape index (κ3) is 5.37. The average molecular weight is 432 g/mol. The van der Waals surface area contributed by atoms with Crippen LogP contribution in [0.4, 0.5) is 11.4 Å². The van der Waals surface area contributed by atoms with Gasteiger partial charge < -0.3 is 15.4 Å². The van der Waals surface area contributed by atoms with Gasteiger partial charge in [-0.05, 0) is 49.2 Å². The maximum atomic E-state index is 12.7. The van der Waals surface area contributed by atoms with Crippen LogP contribution in [0.25, 0.3) is 0 Å². The van der Waals surface area contributed by atoms with Crippen LogP contribution in [0.3, 0.4) is 0 Å². The van der Waals surface area contributed by atoms with Crippen LogP contribution >= 0.6 is 0 Å². The first-order valence-electron chi connectivity index (χ1n) is 9.68. The van der Waals surface area contributed by atoms with Crippen molar-refractivity contribution < 1.29 is 22.7 Å². The molecular formula is C21H25N3O5S. The molecule has 30 heavy (non-hydrogen) atoms. The summed E-state index contributed by atoms with van der Waals surface area (Å²) in [6, 6.07) is 10.7. The maximum Gasteiger partial charge on any atom is 0.255 e. The van der Waals surface area contributed by atoms with Crippen molar-refractivity contribution in [2.75, 3.05) is 17.7 Å². The quantitative estimate of drug-likeness (QED) is 0.623. The van der Waals surface area contributed by atoms with Crippen LogP contribution in [0.5, 0.6) is 5.75 Å². The Balaban J connectivity index is 1.77. The standard InChI is InChI=1S/C21H25N3O5S/c1-14(25)22-19-13-17(10-11-20(19)29-2)23-21(26)15-6-5-9-18(12-15)30(27,28)24-16-7-3-4-8-16/h5-6,9-13,16,24H,3-4,7-8H2,1-2H3,(H,22,25)(H,23,26). The van der Waals surface area contributed by atoms with Gasteiger partial charge in [0.15, 0.2) is 0 Å². The maximum absolute atomic E-state index is 12.7. The van der Waals surface area contributed by atoms with Crippen LogP contribution in [-0.4, -0.2) is 33.4 Å². The monoisotopic (exact) mass is 431 g/mol. The molecule has 0 aromatic heterocycles. The molecule has 0 saturated heterocycles. The first kappa shape index (κ1) is 21.8. The molecule has 2 aromatic rings. The van der Waals surface area contributed by atoms with Crippen molar-refractivity contribution in [3.8, 4) is 5.75 Å². The van der Waals surface area contributed by atoms with Crippen molar-refractivity contribution in [3.63, 3.8) is 0 Å². The fourth-order valence-corrected chi connectivity index (χ4v) is 4.76. The summed E-state index contributed by atoms with van der Waals surface area (Å²) in [4.78, 5) is 24.1. The average Bonchev–Trinajstić information content (AvgIpc) is 3.20. The fourth-order valence-electron chi connectivity index (χ4n) is 3.41. The molecule has 9 heteroatoms. The van der Waals surface area contributed by atoms with Crippen LogP contribution in [0.15, 0.2) is 47.4 Å². The Hall–Kier alpha value is -2.91. The van der Waals surface area contributed by atoms with Gasteiger partial charge in [0, 0.05) is 24.2 Å². The van der Waals surface area contributed by atoms with Crippen LogP contribution in [0, 0.1) is 0 Å². The van der Waals surface area contributed by atoms with Gasteiger partial charge in [-0.2, -0.15) is 0 Å². The first-order valence-corrected chi connectivity index (χ1v) is 11.2. The van der Waals surface area contributed by atoms with Gasteiger partial charge in [-0.25, -0.2) is 13.1 Å². The number of anilines is 2. The molecule has 2 amide bonds. The molecule has 0 spiro atoms. The number of amides is 2. The lowest BCUT2D eigenvalue weighted by Gasteiger charge is -2.14. The molecule has 160 valence electrons. The Morgan fingerprint density at radius 2 is 1.77 bits per heavy atom. The van der Waals surface area contributed by atoms with Gasteiger partial charge in [0.25, 0.3) is 5.91 Å². The Kier molecular flexibility index (Phi) is 6.73. The zero-order valence-corrected chi connectivity index (χ0v) is 17.7. The normalized spacial score (nSPS) is 14.3. The summed E-state index contributed by atoms with van der Waals surface area (Å²) in [5.74, 6) is -0.286. The van der Waals surface area contributed by atoms with Crippen molar-refractivity contribution in [1.82, 2.24) is 4.72 Å². The second-order valence-electron chi connectivity index (χ2n) is 7.18. The Morgan fingerprint density at radius 1 is 1.03 bits per heavy atom. The van der Waals surface area contributed by atoms with E-state index in [9.17, 15) is 18.0 Å². The summed E-state index contributed by atoms with van der Waals surface area (Å²) >= 11 is 0. The molecule has 0 radical (unpaired) electrons. The number of methoxy groups -OCH3 is 1. The molecule has 0 aliphatic heterocycles. The SMILES string of the molecule is COc1ccc(NC(=O)c2cccc(S(=O)(=O)NC3CCCC3)c2)cc1NC(C)=O. The van der Waals surface area contributed by atoms with E-state index in [-0.39, 0.29) is 22.4 Å². The Bertz CT molecular complexity index is 1050. The van der Waals surface area contributed by atoms with Crippen molar-refractivity contribution >= 4 is 33.2 Å². The number of carbonyl (C=O) groups is 2. The van der Waals surface area contributed by atoms with E-state index in [1.54, 1.807) is 24.3 Å².